The van der Waals surface area contributed by atoms with E-state index in [0.717, 1.165) is 17.2 Å². The maximum absolute atomic E-state index is 13.6. The van der Waals surface area contributed by atoms with Crippen molar-refractivity contribution in [3.05, 3.63) is 63.4 Å². The predicted octanol–water partition coefficient (Wildman–Crippen LogP) is 5.35. The number of nitriles is 1. The van der Waals surface area contributed by atoms with E-state index in [2.05, 4.69) is 10.2 Å². The highest BCUT2D eigenvalue weighted by Crippen LogP contribution is 2.27. The first kappa shape index (κ1) is 26.5. The van der Waals surface area contributed by atoms with Gasteiger partial charge >= 0.3 is 6.09 Å². The zero-order valence-corrected chi connectivity index (χ0v) is 21.4. The van der Waals surface area contributed by atoms with E-state index in [1.807, 2.05) is 40.7 Å². The van der Waals surface area contributed by atoms with Gasteiger partial charge in [0.05, 0.1) is 5.56 Å². The number of halogens is 2. The van der Waals surface area contributed by atoms with E-state index >= 15 is 0 Å². The van der Waals surface area contributed by atoms with Crippen LogP contribution < -0.4 is 5.32 Å². The molecular weight excluding hydrogens is 471 g/mol. The van der Waals surface area contributed by atoms with Crippen molar-refractivity contribution >= 4 is 29.3 Å². The number of benzene rings is 2. The third-order valence-electron chi connectivity index (χ3n) is 5.81. The van der Waals surface area contributed by atoms with Crippen molar-refractivity contribution in [2.45, 2.75) is 52.8 Å². The normalized spacial score (nSPS) is 16.5. The van der Waals surface area contributed by atoms with Gasteiger partial charge in [-0.05, 0) is 76.1 Å². The fraction of sp³-hybridized carbons (Fsp3) is 0.423. The number of carbonyl (C=O) groups excluding carboxylic acids is 2. The van der Waals surface area contributed by atoms with E-state index in [9.17, 15) is 14.0 Å². The molecule has 0 saturated carbocycles. The lowest BCUT2D eigenvalue weighted by molar-refractivity contribution is 0.000534. The topological polar surface area (TPSA) is 85.7 Å². The summed E-state index contributed by atoms with van der Waals surface area (Å²) in [7, 11) is 0. The Morgan fingerprint density at radius 1 is 1.26 bits per heavy atom. The molecule has 0 radical (unpaired) electrons. The van der Waals surface area contributed by atoms with Crippen molar-refractivity contribution in [3.8, 4) is 6.07 Å². The van der Waals surface area contributed by atoms with Crippen molar-refractivity contribution in [1.82, 2.24) is 9.80 Å². The van der Waals surface area contributed by atoms with Gasteiger partial charge in [0, 0.05) is 48.5 Å². The smallest absolute Gasteiger partial charge is 0.410 e. The van der Waals surface area contributed by atoms with Crippen LogP contribution in [0.5, 0.6) is 0 Å². The van der Waals surface area contributed by atoms with Crippen LogP contribution >= 0.6 is 11.6 Å². The summed E-state index contributed by atoms with van der Waals surface area (Å²) >= 11 is 6.36. The summed E-state index contributed by atoms with van der Waals surface area (Å²) in [5.41, 5.74) is 1.78. The fourth-order valence-electron chi connectivity index (χ4n) is 3.99. The molecule has 0 spiro atoms. The molecule has 0 bridgehead atoms. The van der Waals surface area contributed by atoms with E-state index in [-0.39, 0.29) is 23.3 Å². The average molecular weight is 501 g/mol. The van der Waals surface area contributed by atoms with Gasteiger partial charge in [-0.3, -0.25) is 9.69 Å². The molecule has 7 nitrogen and oxygen atoms in total. The number of anilines is 1. The summed E-state index contributed by atoms with van der Waals surface area (Å²) in [6, 6.07) is 8.89. The molecule has 35 heavy (non-hydrogen) atoms. The minimum Gasteiger partial charge on any atom is -0.444 e. The predicted molar refractivity (Wildman–Crippen MR) is 133 cm³/mol. The summed E-state index contributed by atoms with van der Waals surface area (Å²) < 4.78 is 19.1. The summed E-state index contributed by atoms with van der Waals surface area (Å²) in [6.45, 7) is 11.9. The summed E-state index contributed by atoms with van der Waals surface area (Å²) in [5.74, 6) is -1.14. The Hall–Kier alpha value is -3.15. The molecule has 2 aromatic rings. The number of amides is 2. The Labute approximate surface area is 210 Å². The molecule has 1 aliphatic heterocycles. The van der Waals surface area contributed by atoms with Crippen LogP contribution in [0.2, 0.25) is 5.02 Å². The van der Waals surface area contributed by atoms with Gasteiger partial charge in [-0.25, -0.2) is 9.18 Å². The number of ether oxygens (including phenoxy) is 1. The van der Waals surface area contributed by atoms with Gasteiger partial charge in [0.1, 0.15) is 17.5 Å². The van der Waals surface area contributed by atoms with Gasteiger partial charge in [0.15, 0.2) is 0 Å². The van der Waals surface area contributed by atoms with Crippen molar-refractivity contribution < 1.29 is 18.7 Å². The summed E-state index contributed by atoms with van der Waals surface area (Å²) in [5, 5.41) is 12.3. The molecule has 3 rings (SSSR count). The zero-order valence-electron chi connectivity index (χ0n) is 20.6. The van der Waals surface area contributed by atoms with Crippen LogP contribution in [0.25, 0.3) is 0 Å². The highest BCUT2D eigenvalue weighted by molar-refractivity contribution is 6.31. The van der Waals surface area contributed by atoms with Crippen LogP contribution in [-0.4, -0.2) is 53.1 Å². The largest absolute Gasteiger partial charge is 0.444 e. The highest BCUT2D eigenvalue weighted by Gasteiger charge is 2.31. The minimum absolute atomic E-state index is 0.0231. The van der Waals surface area contributed by atoms with Crippen LogP contribution in [0.15, 0.2) is 30.3 Å². The van der Waals surface area contributed by atoms with Gasteiger partial charge in [0.25, 0.3) is 5.91 Å². The quantitative estimate of drug-likeness (QED) is 0.611. The Morgan fingerprint density at radius 2 is 1.97 bits per heavy atom. The number of nitrogens with zero attached hydrogens (tertiary/aromatic N) is 3. The molecule has 2 amide bonds. The van der Waals surface area contributed by atoms with Crippen LogP contribution in [-0.2, 0) is 11.3 Å². The minimum atomic E-state index is -0.675. The molecule has 186 valence electrons. The van der Waals surface area contributed by atoms with Gasteiger partial charge in [-0.15, -0.1) is 0 Å². The molecule has 1 atom stereocenters. The van der Waals surface area contributed by atoms with E-state index < -0.39 is 17.3 Å². The zero-order chi connectivity index (χ0) is 25.9. The van der Waals surface area contributed by atoms with Crippen molar-refractivity contribution in [1.29, 1.82) is 5.26 Å². The molecule has 0 aliphatic carbocycles. The lowest BCUT2D eigenvalue weighted by Gasteiger charge is -2.40. The highest BCUT2D eigenvalue weighted by atomic mass is 35.5. The number of hydrogen-bond acceptors (Lipinski definition) is 5. The van der Waals surface area contributed by atoms with Gasteiger partial charge in [-0.2, -0.15) is 5.26 Å². The number of hydrogen-bond donors (Lipinski definition) is 1. The van der Waals surface area contributed by atoms with E-state index in [1.54, 1.807) is 17.0 Å². The standard InChI is InChI=1S/C26H30ClFN4O3/c1-16-14-31(8-9-32(16)25(34)35-26(3,4)5)15-20-11-21(27)12-23(17(20)2)30-24(33)18-6-7-22(28)19(10-18)13-29/h6-7,10-12,16H,8-9,14-15H2,1-5H3,(H,30,33). The Balaban J connectivity index is 1.71. The first-order valence-corrected chi connectivity index (χ1v) is 11.8. The van der Waals surface area contributed by atoms with Gasteiger partial charge in [0.2, 0.25) is 0 Å². The van der Waals surface area contributed by atoms with Crippen LogP contribution in [0, 0.1) is 24.1 Å². The molecule has 2 aromatic carbocycles. The maximum atomic E-state index is 13.6. The Morgan fingerprint density at radius 3 is 2.60 bits per heavy atom. The van der Waals surface area contributed by atoms with Crippen LogP contribution in [0.1, 0.15) is 54.7 Å². The Bertz CT molecular complexity index is 1170. The monoisotopic (exact) mass is 500 g/mol. The lowest BCUT2D eigenvalue weighted by Crippen LogP contribution is -2.54. The van der Waals surface area contributed by atoms with Crippen LogP contribution in [0.3, 0.4) is 0 Å². The molecule has 1 aliphatic rings. The second-order valence-electron chi connectivity index (χ2n) is 9.76. The van der Waals surface area contributed by atoms with E-state index in [1.165, 1.54) is 12.1 Å². The molecule has 1 fully saturated rings. The molecule has 1 saturated heterocycles. The number of nitrogens with one attached hydrogen (secondary N) is 1. The third kappa shape index (κ3) is 6.71. The van der Waals surface area contributed by atoms with Crippen molar-refractivity contribution in [2.75, 3.05) is 25.0 Å². The lowest BCUT2D eigenvalue weighted by atomic mass is 10.0. The summed E-state index contributed by atoms with van der Waals surface area (Å²) in [6.07, 6.45) is -0.311. The van der Waals surface area contributed by atoms with E-state index in [4.69, 9.17) is 21.6 Å². The Kier molecular flexibility index (Phi) is 8.04. The molecule has 0 aromatic heterocycles. The number of piperazine rings is 1. The molecule has 1 N–H and O–H groups in total. The van der Waals surface area contributed by atoms with Gasteiger partial charge < -0.3 is 15.0 Å². The maximum Gasteiger partial charge on any atom is 0.410 e. The average Bonchev–Trinajstić information content (AvgIpc) is 2.76. The number of carbonyl (C=O) groups is 2. The third-order valence-corrected chi connectivity index (χ3v) is 6.03. The fourth-order valence-corrected chi connectivity index (χ4v) is 4.23. The van der Waals surface area contributed by atoms with Crippen molar-refractivity contribution in [3.63, 3.8) is 0 Å². The molecule has 1 heterocycles. The molecule has 1 unspecified atom stereocenters. The SMILES string of the molecule is Cc1c(CN2CCN(C(=O)OC(C)(C)C)C(C)C2)cc(Cl)cc1NC(=O)c1ccc(F)c(C#N)c1. The van der Waals surface area contributed by atoms with Crippen LogP contribution in [0.4, 0.5) is 14.9 Å². The van der Waals surface area contributed by atoms with Crippen molar-refractivity contribution in [2.24, 2.45) is 0 Å². The second-order valence-corrected chi connectivity index (χ2v) is 10.2. The first-order chi connectivity index (χ1) is 16.4. The molecular formula is C26H30ClFN4O3. The van der Waals surface area contributed by atoms with Gasteiger partial charge in [-0.1, -0.05) is 11.6 Å². The molecule has 9 heteroatoms. The second kappa shape index (κ2) is 10.6. The number of rotatable bonds is 4. The first-order valence-electron chi connectivity index (χ1n) is 11.4. The van der Waals surface area contributed by atoms with E-state index in [0.29, 0.717) is 36.9 Å². The summed E-state index contributed by atoms with van der Waals surface area (Å²) in [4.78, 5) is 29.2.